The molecule has 102 valence electrons. The maximum Gasteiger partial charge on any atom is 0.376 e. The Balaban J connectivity index is 2.25. The lowest BCUT2D eigenvalue weighted by atomic mass is 10.2. The van der Waals surface area contributed by atoms with Crippen LogP contribution in [0.1, 0.15) is 11.3 Å². The van der Waals surface area contributed by atoms with E-state index in [4.69, 9.17) is 5.11 Å². The average molecular weight is 271 g/mol. The van der Waals surface area contributed by atoms with Gasteiger partial charge in [0, 0.05) is 18.8 Å². The van der Waals surface area contributed by atoms with Gasteiger partial charge in [0.2, 0.25) is 0 Å². The Morgan fingerprint density at radius 1 is 1.05 bits per heavy atom. The predicted octanol–water partition coefficient (Wildman–Crippen LogP) is 2.09. The highest BCUT2D eigenvalue weighted by atomic mass is 16.4. The molecule has 0 saturated carbocycles. The number of carbonyl (C=O) groups is 2. The highest BCUT2D eigenvalue weighted by molar-refractivity contribution is 6.38. The number of hydrogen-bond acceptors (Lipinski definition) is 3. The van der Waals surface area contributed by atoms with Gasteiger partial charge in [0.1, 0.15) is 5.76 Å². The van der Waals surface area contributed by atoms with Gasteiger partial charge >= 0.3 is 5.97 Å². The van der Waals surface area contributed by atoms with E-state index >= 15 is 0 Å². The largest absolute Gasteiger partial charge is 0.506 e. The molecular formula is C15H13NO4. The summed E-state index contributed by atoms with van der Waals surface area (Å²) in [7, 11) is 0. The lowest BCUT2D eigenvalue weighted by molar-refractivity contribution is -0.146. The maximum atomic E-state index is 11.1. The van der Waals surface area contributed by atoms with Gasteiger partial charge in [-0.25, -0.2) is 4.79 Å². The Kier molecular flexibility index (Phi) is 4.00. The molecule has 2 N–H and O–H groups in total. The molecule has 0 aliphatic rings. The first kappa shape index (κ1) is 13.6. The summed E-state index contributed by atoms with van der Waals surface area (Å²) in [6.45, 7) is 0.516. The van der Waals surface area contributed by atoms with Gasteiger partial charge in [0.15, 0.2) is 0 Å². The second kappa shape index (κ2) is 5.88. The van der Waals surface area contributed by atoms with Crippen molar-refractivity contribution in [2.45, 2.75) is 6.54 Å². The molecule has 1 aromatic heterocycles. The fourth-order valence-corrected chi connectivity index (χ4v) is 1.82. The quantitative estimate of drug-likeness (QED) is 0.496. The molecule has 5 heteroatoms. The number of aliphatic hydroxyl groups is 1. The number of nitrogens with zero attached hydrogens (tertiary/aromatic N) is 1. The van der Waals surface area contributed by atoms with Gasteiger partial charge in [-0.05, 0) is 17.7 Å². The second-order valence-electron chi connectivity index (χ2n) is 4.21. The molecule has 1 heterocycles. The summed E-state index contributed by atoms with van der Waals surface area (Å²) < 4.78 is 1.73. The number of aliphatic hydroxyl groups excluding tert-OH is 1. The minimum absolute atomic E-state index is 0.363. The minimum Gasteiger partial charge on any atom is -0.506 e. The van der Waals surface area contributed by atoms with Crippen molar-refractivity contribution in [3.63, 3.8) is 0 Å². The standard InChI is InChI=1S/C15H13NO4/c17-13(9-14(18)15(19)20)12-7-4-8-16(12)10-11-5-2-1-3-6-11/h1-9,17H,10H2,(H,19,20)/b13-9-. The Labute approximate surface area is 115 Å². The molecule has 0 bridgehead atoms. The zero-order chi connectivity index (χ0) is 14.5. The van der Waals surface area contributed by atoms with Crippen molar-refractivity contribution in [1.82, 2.24) is 4.57 Å². The zero-order valence-electron chi connectivity index (χ0n) is 10.6. The fourth-order valence-electron chi connectivity index (χ4n) is 1.82. The smallest absolute Gasteiger partial charge is 0.376 e. The molecule has 0 aliphatic carbocycles. The van der Waals surface area contributed by atoms with E-state index in [0.717, 1.165) is 5.56 Å². The van der Waals surface area contributed by atoms with Crippen molar-refractivity contribution in [1.29, 1.82) is 0 Å². The van der Waals surface area contributed by atoms with E-state index in [1.54, 1.807) is 22.9 Å². The molecule has 0 radical (unpaired) electrons. The van der Waals surface area contributed by atoms with Gasteiger partial charge in [0.05, 0.1) is 5.69 Å². The van der Waals surface area contributed by atoms with Crippen molar-refractivity contribution in [3.05, 3.63) is 66.0 Å². The van der Waals surface area contributed by atoms with Gasteiger partial charge < -0.3 is 14.8 Å². The van der Waals surface area contributed by atoms with Crippen LogP contribution in [-0.4, -0.2) is 26.5 Å². The van der Waals surface area contributed by atoms with Crippen LogP contribution < -0.4 is 0 Å². The Morgan fingerprint density at radius 3 is 2.40 bits per heavy atom. The number of carboxylic acids is 1. The van der Waals surface area contributed by atoms with Crippen LogP contribution in [0.15, 0.2) is 54.7 Å². The van der Waals surface area contributed by atoms with E-state index in [0.29, 0.717) is 18.3 Å². The topological polar surface area (TPSA) is 79.5 Å². The molecule has 5 nitrogen and oxygen atoms in total. The van der Waals surface area contributed by atoms with Crippen molar-refractivity contribution in [2.24, 2.45) is 0 Å². The van der Waals surface area contributed by atoms with Crippen molar-refractivity contribution >= 4 is 17.5 Å². The van der Waals surface area contributed by atoms with E-state index in [1.165, 1.54) is 0 Å². The van der Waals surface area contributed by atoms with Gasteiger partial charge in [-0.15, -0.1) is 0 Å². The molecule has 1 aromatic carbocycles. The summed E-state index contributed by atoms with van der Waals surface area (Å²) in [5.41, 5.74) is 1.42. The molecule has 0 saturated heterocycles. The lowest BCUT2D eigenvalue weighted by Gasteiger charge is -2.08. The third-order valence-corrected chi connectivity index (χ3v) is 2.77. The first-order valence-electron chi connectivity index (χ1n) is 5.95. The summed E-state index contributed by atoms with van der Waals surface area (Å²) in [4.78, 5) is 21.5. The number of aliphatic carboxylic acids is 1. The molecule has 2 aromatic rings. The van der Waals surface area contributed by atoms with Gasteiger partial charge in [-0.2, -0.15) is 0 Å². The summed E-state index contributed by atoms with van der Waals surface area (Å²) in [5.74, 6) is -3.12. The van der Waals surface area contributed by atoms with Crippen LogP contribution in [0.25, 0.3) is 5.76 Å². The first-order valence-corrected chi connectivity index (χ1v) is 5.95. The molecule has 20 heavy (non-hydrogen) atoms. The fraction of sp³-hybridized carbons (Fsp3) is 0.0667. The van der Waals surface area contributed by atoms with Crippen LogP contribution in [-0.2, 0) is 16.1 Å². The van der Waals surface area contributed by atoms with Crippen LogP contribution in [0.2, 0.25) is 0 Å². The molecule has 0 unspecified atom stereocenters. The average Bonchev–Trinajstić information content (AvgIpc) is 2.88. The van der Waals surface area contributed by atoms with E-state index in [9.17, 15) is 14.7 Å². The number of hydrogen-bond donors (Lipinski definition) is 2. The van der Waals surface area contributed by atoms with Crippen LogP contribution in [0.3, 0.4) is 0 Å². The summed E-state index contributed by atoms with van der Waals surface area (Å²) in [5, 5.41) is 18.4. The summed E-state index contributed by atoms with van der Waals surface area (Å²) in [6, 6.07) is 12.9. The maximum absolute atomic E-state index is 11.1. The summed E-state index contributed by atoms with van der Waals surface area (Å²) >= 11 is 0. The monoisotopic (exact) mass is 271 g/mol. The van der Waals surface area contributed by atoms with E-state index in [1.807, 2.05) is 30.3 Å². The third-order valence-electron chi connectivity index (χ3n) is 2.77. The molecule has 0 amide bonds. The number of benzene rings is 1. The first-order chi connectivity index (χ1) is 9.58. The molecular weight excluding hydrogens is 258 g/mol. The number of carbonyl (C=O) groups excluding carboxylic acids is 1. The highest BCUT2D eigenvalue weighted by Crippen LogP contribution is 2.14. The van der Waals surface area contributed by atoms with Crippen molar-refractivity contribution in [3.8, 4) is 0 Å². The van der Waals surface area contributed by atoms with E-state index in [-0.39, 0.29) is 5.76 Å². The van der Waals surface area contributed by atoms with Gasteiger partial charge in [0.25, 0.3) is 5.78 Å². The highest BCUT2D eigenvalue weighted by Gasteiger charge is 2.12. The van der Waals surface area contributed by atoms with Crippen LogP contribution in [0.4, 0.5) is 0 Å². The van der Waals surface area contributed by atoms with Gasteiger partial charge in [-0.1, -0.05) is 30.3 Å². The van der Waals surface area contributed by atoms with E-state index in [2.05, 4.69) is 0 Å². The number of aromatic nitrogens is 1. The van der Waals surface area contributed by atoms with Gasteiger partial charge in [-0.3, -0.25) is 4.79 Å². The number of rotatable bonds is 5. The molecule has 0 spiro atoms. The molecule has 0 fully saturated rings. The Bertz CT molecular complexity index is 656. The van der Waals surface area contributed by atoms with E-state index < -0.39 is 11.8 Å². The summed E-state index contributed by atoms with van der Waals surface area (Å²) in [6.07, 6.45) is 2.46. The second-order valence-corrected chi connectivity index (χ2v) is 4.21. The van der Waals surface area contributed by atoms with Crippen LogP contribution in [0.5, 0.6) is 0 Å². The van der Waals surface area contributed by atoms with Crippen molar-refractivity contribution in [2.75, 3.05) is 0 Å². The Morgan fingerprint density at radius 2 is 1.75 bits per heavy atom. The Hall–Kier alpha value is -2.82. The lowest BCUT2D eigenvalue weighted by Crippen LogP contribution is -2.10. The minimum atomic E-state index is -1.60. The molecule has 0 aliphatic heterocycles. The zero-order valence-corrected chi connectivity index (χ0v) is 10.6. The SMILES string of the molecule is O=C(O)C(=O)/C=C(\O)c1cccn1Cc1ccccc1. The number of carboxylic acid groups (broad SMARTS) is 1. The molecule has 2 rings (SSSR count). The molecule has 0 atom stereocenters. The van der Waals surface area contributed by atoms with Crippen LogP contribution >= 0.6 is 0 Å². The predicted molar refractivity (Wildman–Crippen MR) is 73.2 cm³/mol. The van der Waals surface area contributed by atoms with Crippen molar-refractivity contribution < 1.29 is 19.8 Å². The van der Waals surface area contributed by atoms with Crippen LogP contribution in [0, 0.1) is 0 Å². The number of ketones is 1. The normalized spacial score (nSPS) is 11.3. The third kappa shape index (κ3) is 3.14.